The van der Waals surface area contributed by atoms with Crippen LogP contribution >= 0.6 is 0 Å². The fraction of sp³-hybridized carbons (Fsp3) is 0.364. The van der Waals surface area contributed by atoms with Gasteiger partial charge in [-0.05, 0) is 50.2 Å². The van der Waals surface area contributed by atoms with Crippen LogP contribution in [0.1, 0.15) is 19.3 Å². The molecule has 2 aromatic rings. The summed E-state index contributed by atoms with van der Waals surface area (Å²) in [7, 11) is 0. The number of hydrogen-bond donors (Lipinski definition) is 6. The number of piperidine rings is 1. The van der Waals surface area contributed by atoms with Crippen molar-refractivity contribution in [2.45, 2.75) is 25.4 Å². The molecule has 1 saturated heterocycles. The molecule has 1 heterocycles. The molecule has 9 heteroatoms. The van der Waals surface area contributed by atoms with E-state index < -0.39 is 18.3 Å². The van der Waals surface area contributed by atoms with Crippen molar-refractivity contribution in [1.82, 2.24) is 4.90 Å². The number of amides is 2. The molecule has 0 bridgehead atoms. The summed E-state index contributed by atoms with van der Waals surface area (Å²) in [6, 6.07) is 17.5. The van der Waals surface area contributed by atoms with Gasteiger partial charge >= 0.3 is 12.2 Å². The normalized spacial score (nSPS) is 14.0. The highest BCUT2D eigenvalue weighted by Crippen LogP contribution is 2.08. The number of hydrogen-bond acceptors (Lipinski definition) is 5. The number of β-amino-alcohol motifs (C(OH)–C–C–N with tert-alkyl or cyclic N) is 1. The van der Waals surface area contributed by atoms with Crippen LogP contribution in [0.4, 0.5) is 21.0 Å². The molecular formula is C22H31N3O6. The lowest BCUT2D eigenvalue weighted by molar-refractivity contribution is 0.0533. The lowest BCUT2D eigenvalue weighted by atomic mass is 10.1. The van der Waals surface area contributed by atoms with Crippen molar-refractivity contribution in [3.8, 4) is 0 Å². The second-order valence-corrected chi connectivity index (χ2v) is 6.79. The molecular weight excluding hydrogens is 402 g/mol. The molecule has 3 rings (SSSR count). The van der Waals surface area contributed by atoms with Gasteiger partial charge in [0.25, 0.3) is 0 Å². The number of para-hydroxylation sites is 2. The van der Waals surface area contributed by atoms with E-state index in [0.717, 1.165) is 13.1 Å². The lowest BCUT2D eigenvalue weighted by Gasteiger charge is -2.27. The van der Waals surface area contributed by atoms with Crippen molar-refractivity contribution in [2.75, 3.05) is 36.9 Å². The van der Waals surface area contributed by atoms with Gasteiger partial charge in [0.1, 0.15) is 0 Å². The number of nitrogens with one attached hydrogen (secondary N) is 2. The van der Waals surface area contributed by atoms with E-state index in [9.17, 15) is 9.59 Å². The molecule has 170 valence electrons. The number of aliphatic hydroxyl groups excluding tert-OH is 2. The first kappa shape index (κ1) is 25.9. The van der Waals surface area contributed by atoms with Gasteiger partial charge in [0.2, 0.25) is 0 Å². The van der Waals surface area contributed by atoms with E-state index in [1.165, 1.54) is 19.3 Å². The topological polar surface area (TPSA) is 142 Å². The van der Waals surface area contributed by atoms with Gasteiger partial charge in [0.05, 0.1) is 12.7 Å². The molecule has 1 atom stereocenters. The maximum Gasteiger partial charge on any atom is 0.409 e. The quantitative estimate of drug-likeness (QED) is 0.424. The summed E-state index contributed by atoms with van der Waals surface area (Å²) in [6.45, 7) is 2.68. The van der Waals surface area contributed by atoms with Crippen LogP contribution in [0.5, 0.6) is 0 Å². The molecule has 0 saturated carbocycles. The van der Waals surface area contributed by atoms with Gasteiger partial charge < -0.3 is 25.3 Å². The number of rotatable bonds is 5. The molecule has 1 aliphatic heterocycles. The SMILES string of the molecule is O=C(O)Nc1ccccc1.O=C(O)Nc1ccccc1.OCC(O)CN1CCCCC1. The van der Waals surface area contributed by atoms with E-state index in [4.69, 9.17) is 20.4 Å². The van der Waals surface area contributed by atoms with Crippen LogP contribution in [0, 0.1) is 0 Å². The highest BCUT2D eigenvalue weighted by atomic mass is 16.4. The fourth-order valence-electron chi connectivity index (χ4n) is 2.79. The summed E-state index contributed by atoms with van der Waals surface area (Å²) in [4.78, 5) is 22.3. The third-order valence-electron chi connectivity index (χ3n) is 4.18. The first-order valence-corrected chi connectivity index (χ1v) is 10.0. The molecule has 9 nitrogen and oxygen atoms in total. The Bertz CT molecular complexity index is 688. The average molecular weight is 434 g/mol. The molecule has 2 aromatic carbocycles. The van der Waals surface area contributed by atoms with Crippen LogP contribution in [0.2, 0.25) is 0 Å². The van der Waals surface area contributed by atoms with Gasteiger partial charge in [0.15, 0.2) is 0 Å². The van der Waals surface area contributed by atoms with Crippen LogP contribution in [-0.2, 0) is 0 Å². The number of aliphatic hydroxyl groups is 2. The monoisotopic (exact) mass is 433 g/mol. The van der Waals surface area contributed by atoms with E-state index in [0.29, 0.717) is 17.9 Å². The lowest BCUT2D eigenvalue weighted by Crippen LogP contribution is -2.37. The zero-order chi connectivity index (χ0) is 22.9. The molecule has 1 aliphatic rings. The summed E-state index contributed by atoms with van der Waals surface area (Å²) in [6.07, 6.45) is 1.16. The van der Waals surface area contributed by atoms with Gasteiger partial charge in [-0.25, -0.2) is 9.59 Å². The summed E-state index contributed by atoms with van der Waals surface area (Å²) in [5.41, 5.74) is 1.19. The van der Waals surface area contributed by atoms with E-state index >= 15 is 0 Å². The van der Waals surface area contributed by atoms with Crippen molar-refractivity contribution in [3.05, 3.63) is 60.7 Å². The van der Waals surface area contributed by atoms with Crippen molar-refractivity contribution >= 4 is 23.6 Å². The van der Waals surface area contributed by atoms with Crippen molar-refractivity contribution in [2.24, 2.45) is 0 Å². The van der Waals surface area contributed by atoms with E-state index in [1.54, 1.807) is 48.5 Å². The van der Waals surface area contributed by atoms with E-state index in [1.807, 2.05) is 12.1 Å². The Morgan fingerprint density at radius 1 is 0.806 bits per heavy atom. The minimum Gasteiger partial charge on any atom is -0.465 e. The zero-order valence-electron chi connectivity index (χ0n) is 17.4. The van der Waals surface area contributed by atoms with E-state index in [-0.39, 0.29) is 6.61 Å². The average Bonchev–Trinajstić information content (AvgIpc) is 2.76. The number of carboxylic acid groups (broad SMARTS) is 2. The van der Waals surface area contributed by atoms with Crippen molar-refractivity contribution < 1.29 is 30.0 Å². The van der Waals surface area contributed by atoms with E-state index in [2.05, 4.69) is 15.5 Å². The Hall–Kier alpha value is -3.14. The van der Waals surface area contributed by atoms with Gasteiger partial charge in [-0.3, -0.25) is 10.6 Å². The molecule has 2 amide bonds. The molecule has 0 aromatic heterocycles. The van der Waals surface area contributed by atoms with Gasteiger partial charge in [-0.15, -0.1) is 0 Å². The zero-order valence-corrected chi connectivity index (χ0v) is 17.4. The van der Waals surface area contributed by atoms with Gasteiger partial charge in [-0.1, -0.05) is 42.8 Å². The Morgan fingerprint density at radius 3 is 1.58 bits per heavy atom. The number of carbonyl (C=O) groups is 2. The van der Waals surface area contributed by atoms with Gasteiger partial charge in [0, 0.05) is 17.9 Å². The summed E-state index contributed by atoms with van der Waals surface area (Å²) >= 11 is 0. The minimum absolute atomic E-state index is 0.115. The van der Waals surface area contributed by atoms with Gasteiger partial charge in [-0.2, -0.15) is 0 Å². The highest BCUT2D eigenvalue weighted by Gasteiger charge is 2.13. The summed E-state index contributed by atoms with van der Waals surface area (Å²) < 4.78 is 0. The maximum absolute atomic E-state index is 10.1. The molecule has 0 spiro atoms. The van der Waals surface area contributed by atoms with Crippen LogP contribution in [0.3, 0.4) is 0 Å². The first-order chi connectivity index (χ1) is 14.9. The van der Waals surface area contributed by atoms with Crippen LogP contribution in [-0.4, -0.2) is 69.9 Å². The Kier molecular flexibility index (Phi) is 13.1. The molecule has 1 fully saturated rings. The van der Waals surface area contributed by atoms with Crippen LogP contribution in [0.25, 0.3) is 0 Å². The Balaban J connectivity index is 0.000000233. The highest BCUT2D eigenvalue weighted by molar-refractivity contribution is 5.83. The third-order valence-corrected chi connectivity index (χ3v) is 4.18. The molecule has 6 N–H and O–H groups in total. The molecule has 31 heavy (non-hydrogen) atoms. The number of benzene rings is 2. The number of likely N-dealkylation sites (tertiary alicyclic amines) is 1. The second kappa shape index (κ2) is 15.7. The van der Waals surface area contributed by atoms with Crippen molar-refractivity contribution in [1.29, 1.82) is 0 Å². The predicted molar refractivity (Wildman–Crippen MR) is 120 cm³/mol. The molecule has 1 unspecified atom stereocenters. The largest absolute Gasteiger partial charge is 0.465 e. The minimum atomic E-state index is -1.04. The molecule has 0 radical (unpaired) electrons. The first-order valence-electron chi connectivity index (χ1n) is 10.0. The van der Waals surface area contributed by atoms with Crippen molar-refractivity contribution in [3.63, 3.8) is 0 Å². The maximum atomic E-state index is 10.1. The molecule has 0 aliphatic carbocycles. The smallest absolute Gasteiger partial charge is 0.409 e. The number of anilines is 2. The van der Waals surface area contributed by atoms with Crippen LogP contribution < -0.4 is 10.6 Å². The fourth-order valence-corrected chi connectivity index (χ4v) is 2.79. The number of nitrogens with zero attached hydrogens (tertiary/aromatic N) is 1. The third kappa shape index (κ3) is 13.7. The summed E-state index contributed by atoms with van der Waals surface area (Å²) in [5, 5.41) is 38.7. The predicted octanol–water partition coefficient (Wildman–Crippen LogP) is 3.38. The standard InChI is InChI=1S/C8H17NO2.2C7H7NO2/c10-7-8(11)6-9-4-2-1-3-5-9;2*9-7(10)8-6-4-2-1-3-5-6/h8,10-11H,1-7H2;2*1-5,8H,(H,9,10). The Labute approximate surface area is 182 Å². The Morgan fingerprint density at radius 2 is 1.23 bits per heavy atom. The second-order valence-electron chi connectivity index (χ2n) is 6.79. The summed E-state index contributed by atoms with van der Waals surface area (Å²) in [5.74, 6) is 0. The van der Waals surface area contributed by atoms with Crippen LogP contribution in [0.15, 0.2) is 60.7 Å².